The van der Waals surface area contributed by atoms with E-state index in [9.17, 15) is 4.79 Å². The van der Waals surface area contributed by atoms with Crippen LogP contribution in [0.5, 0.6) is 0 Å². The zero-order valence-electron chi connectivity index (χ0n) is 7.57. The number of carboxylic acids is 1. The fraction of sp³-hybridized carbons (Fsp3) is 0.222. The monoisotopic (exact) mass is 212 g/mol. The van der Waals surface area contributed by atoms with Crippen molar-refractivity contribution in [3.63, 3.8) is 0 Å². The summed E-state index contributed by atoms with van der Waals surface area (Å²) >= 11 is 5.55. The molecule has 0 bridgehead atoms. The van der Waals surface area contributed by atoms with E-state index in [1.807, 2.05) is 0 Å². The number of nitrogens with zero attached hydrogens (tertiary/aromatic N) is 2. The summed E-state index contributed by atoms with van der Waals surface area (Å²) in [6.07, 6.45) is 3.41. The van der Waals surface area contributed by atoms with E-state index in [2.05, 4.69) is 9.97 Å². The summed E-state index contributed by atoms with van der Waals surface area (Å²) in [5.41, 5.74) is 0.795. The minimum Gasteiger partial charge on any atom is -0.478 e. The zero-order chi connectivity index (χ0) is 10.6. The molecule has 1 aromatic rings. The minimum atomic E-state index is -0.942. The standard InChI is InChI=1S/C9H9ClN2O2/c1-2-6(8(13)14)5-7-3-4-11-9(10)12-7/h3-5H,2H2,1H3,(H,13,14). The van der Waals surface area contributed by atoms with Crippen molar-refractivity contribution in [2.24, 2.45) is 0 Å². The van der Waals surface area contributed by atoms with Gasteiger partial charge in [0, 0.05) is 11.8 Å². The quantitative estimate of drug-likeness (QED) is 0.615. The first-order valence-electron chi connectivity index (χ1n) is 4.06. The Kier molecular flexibility index (Phi) is 3.59. The van der Waals surface area contributed by atoms with Gasteiger partial charge < -0.3 is 5.11 Å². The number of halogens is 1. The van der Waals surface area contributed by atoms with Gasteiger partial charge in [-0.15, -0.1) is 0 Å². The lowest BCUT2D eigenvalue weighted by atomic mass is 10.1. The van der Waals surface area contributed by atoms with Gasteiger partial charge in [0.15, 0.2) is 0 Å². The van der Waals surface area contributed by atoms with Crippen LogP contribution in [0.4, 0.5) is 0 Å². The summed E-state index contributed by atoms with van der Waals surface area (Å²) < 4.78 is 0. The van der Waals surface area contributed by atoms with Gasteiger partial charge in [-0.25, -0.2) is 14.8 Å². The average molecular weight is 213 g/mol. The highest BCUT2D eigenvalue weighted by Crippen LogP contribution is 2.09. The summed E-state index contributed by atoms with van der Waals surface area (Å²) in [5.74, 6) is -0.942. The van der Waals surface area contributed by atoms with Crippen LogP contribution in [0, 0.1) is 0 Å². The second-order valence-corrected chi connectivity index (χ2v) is 2.92. The van der Waals surface area contributed by atoms with E-state index < -0.39 is 5.97 Å². The van der Waals surface area contributed by atoms with Crippen molar-refractivity contribution in [1.82, 2.24) is 9.97 Å². The van der Waals surface area contributed by atoms with Crippen LogP contribution >= 0.6 is 11.6 Å². The van der Waals surface area contributed by atoms with E-state index in [4.69, 9.17) is 16.7 Å². The highest BCUT2D eigenvalue weighted by molar-refractivity contribution is 6.28. The molecule has 0 amide bonds. The van der Waals surface area contributed by atoms with Crippen molar-refractivity contribution in [1.29, 1.82) is 0 Å². The highest BCUT2D eigenvalue weighted by Gasteiger charge is 2.04. The van der Waals surface area contributed by atoms with Crippen LogP contribution in [-0.2, 0) is 4.79 Å². The highest BCUT2D eigenvalue weighted by atomic mass is 35.5. The molecule has 0 spiro atoms. The van der Waals surface area contributed by atoms with Crippen LogP contribution in [-0.4, -0.2) is 21.0 Å². The van der Waals surface area contributed by atoms with Gasteiger partial charge >= 0.3 is 5.97 Å². The van der Waals surface area contributed by atoms with E-state index in [1.165, 1.54) is 12.3 Å². The predicted octanol–water partition coefficient (Wildman–Crippen LogP) is 2.01. The Balaban J connectivity index is 3.00. The zero-order valence-corrected chi connectivity index (χ0v) is 8.32. The first-order valence-corrected chi connectivity index (χ1v) is 4.43. The van der Waals surface area contributed by atoms with Gasteiger partial charge in [0.05, 0.1) is 5.69 Å². The Morgan fingerprint density at radius 1 is 1.71 bits per heavy atom. The molecular formula is C9H9ClN2O2. The third-order valence-electron chi connectivity index (χ3n) is 1.63. The van der Waals surface area contributed by atoms with E-state index in [0.717, 1.165) is 0 Å². The summed E-state index contributed by atoms with van der Waals surface area (Å²) in [6, 6.07) is 1.60. The van der Waals surface area contributed by atoms with Gasteiger partial charge in [-0.05, 0) is 30.2 Å². The fourth-order valence-corrected chi connectivity index (χ4v) is 1.08. The summed E-state index contributed by atoms with van der Waals surface area (Å²) in [5, 5.41) is 8.87. The first-order chi connectivity index (χ1) is 6.63. The number of aliphatic carboxylic acids is 1. The number of rotatable bonds is 3. The summed E-state index contributed by atoms with van der Waals surface area (Å²) in [4.78, 5) is 18.2. The number of hydrogen-bond acceptors (Lipinski definition) is 3. The third-order valence-corrected chi connectivity index (χ3v) is 1.81. The smallest absolute Gasteiger partial charge is 0.331 e. The average Bonchev–Trinajstić information content (AvgIpc) is 2.14. The molecule has 0 unspecified atom stereocenters. The molecule has 1 aromatic heterocycles. The van der Waals surface area contributed by atoms with Crippen molar-refractivity contribution in [3.8, 4) is 0 Å². The van der Waals surface area contributed by atoms with Crippen molar-refractivity contribution in [3.05, 3.63) is 28.8 Å². The normalized spacial score (nSPS) is 11.4. The third kappa shape index (κ3) is 2.81. The van der Waals surface area contributed by atoms with E-state index >= 15 is 0 Å². The van der Waals surface area contributed by atoms with E-state index in [0.29, 0.717) is 17.7 Å². The van der Waals surface area contributed by atoms with E-state index in [1.54, 1.807) is 13.0 Å². The van der Waals surface area contributed by atoms with Gasteiger partial charge in [-0.3, -0.25) is 0 Å². The van der Waals surface area contributed by atoms with Crippen molar-refractivity contribution < 1.29 is 9.90 Å². The lowest BCUT2D eigenvalue weighted by Gasteiger charge is -1.97. The molecule has 0 aromatic carbocycles. The molecule has 0 atom stereocenters. The first kappa shape index (κ1) is 10.7. The van der Waals surface area contributed by atoms with Gasteiger partial charge in [0.1, 0.15) is 0 Å². The molecular weight excluding hydrogens is 204 g/mol. The van der Waals surface area contributed by atoms with Crippen LogP contribution in [0.25, 0.3) is 6.08 Å². The Morgan fingerprint density at radius 3 is 2.93 bits per heavy atom. The Morgan fingerprint density at radius 2 is 2.43 bits per heavy atom. The van der Waals surface area contributed by atoms with E-state index in [-0.39, 0.29) is 5.28 Å². The van der Waals surface area contributed by atoms with Crippen molar-refractivity contribution in [2.45, 2.75) is 13.3 Å². The molecule has 0 aliphatic carbocycles. The van der Waals surface area contributed by atoms with Gasteiger partial charge in [0.25, 0.3) is 0 Å². The number of aromatic nitrogens is 2. The molecule has 5 heteroatoms. The molecule has 0 saturated carbocycles. The second kappa shape index (κ2) is 4.72. The molecule has 0 aliphatic rings. The molecule has 14 heavy (non-hydrogen) atoms. The van der Waals surface area contributed by atoms with Gasteiger partial charge in [0.2, 0.25) is 5.28 Å². The summed E-state index contributed by atoms with van der Waals surface area (Å²) in [6.45, 7) is 1.77. The largest absolute Gasteiger partial charge is 0.478 e. The Bertz CT molecular complexity index is 377. The minimum absolute atomic E-state index is 0.111. The van der Waals surface area contributed by atoms with Crippen LogP contribution < -0.4 is 0 Å². The lowest BCUT2D eigenvalue weighted by Crippen LogP contribution is -1.99. The number of carboxylic acid groups (broad SMARTS) is 1. The maximum Gasteiger partial charge on any atom is 0.331 e. The summed E-state index contributed by atoms with van der Waals surface area (Å²) in [7, 11) is 0. The molecule has 4 nitrogen and oxygen atoms in total. The Labute approximate surface area is 86.3 Å². The van der Waals surface area contributed by atoms with Gasteiger partial charge in [-0.1, -0.05) is 6.92 Å². The number of carbonyl (C=O) groups is 1. The molecule has 1 rings (SSSR count). The Hall–Kier alpha value is -1.42. The fourth-order valence-electron chi connectivity index (χ4n) is 0.922. The van der Waals surface area contributed by atoms with Crippen LogP contribution in [0.1, 0.15) is 19.0 Å². The van der Waals surface area contributed by atoms with Gasteiger partial charge in [-0.2, -0.15) is 0 Å². The molecule has 0 radical (unpaired) electrons. The van der Waals surface area contributed by atoms with Crippen LogP contribution in [0.2, 0.25) is 5.28 Å². The molecule has 74 valence electrons. The van der Waals surface area contributed by atoms with Crippen LogP contribution in [0.3, 0.4) is 0 Å². The maximum absolute atomic E-state index is 10.7. The molecule has 1 heterocycles. The predicted molar refractivity (Wildman–Crippen MR) is 52.9 cm³/mol. The van der Waals surface area contributed by atoms with Crippen LogP contribution in [0.15, 0.2) is 17.8 Å². The second-order valence-electron chi connectivity index (χ2n) is 2.58. The molecule has 1 N–H and O–H groups in total. The lowest BCUT2D eigenvalue weighted by molar-refractivity contribution is -0.132. The topological polar surface area (TPSA) is 63.1 Å². The molecule has 0 fully saturated rings. The molecule has 0 saturated heterocycles. The SMILES string of the molecule is CCC(=Cc1ccnc(Cl)n1)C(=O)O. The van der Waals surface area contributed by atoms with Crippen molar-refractivity contribution >= 4 is 23.6 Å². The molecule has 0 aliphatic heterocycles. The number of hydrogen-bond donors (Lipinski definition) is 1. The van der Waals surface area contributed by atoms with Crippen molar-refractivity contribution in [2.75, 3.05) is 0 Å². The maximum atomic E-state index is 10.7.